The second kappa shape index (κ2) is 5.05. The zero-order chi connectivity index (χ0) is 12.3. The Bertz CT molecular complexity index is 321. The molecule has 0 atom stereocenters. The molecule has 0 aromatic rings. The van der Waals surface area contributed by atoms with Gasteiger partial charge in [0.15, 0.2) is 0 Å². The molecule has 17 heavy (non-hydrogen) atoms. The van der Waals surface area contributed by atoms with Crippen LogP contribution in [-0.4, -0.2) is 22.7 Å². The van der Waals surface area contributed by atoms with E-state index in [9.17, 15) is 10.1 Å². The normalized spacial score (nSPS) is 34.4. The lowest BCUT2D eigenvalue weighted by molar-refractivity contribution is -0.146. The molecule has 2 fully saturated rings. The van der Waals surface area contributed by atoms with Gasteiger partial charge in [-0.05, 0) is 25.7 Å². The molecule has 2 saturated carbocycles. The summed E-state index contributed by atoms with van der Waals surface area (Å²) < 4.78 is 0. The summed E-state index contributed by atoms with van der Waals surface area (Å²) in [5.74, 6) is -1.09. The fourth-order valence-electron chi connectivity index (χ4n) is 3.01. The van der Waals surface area contributed by atoms with Crippen molar-refractivity contribution in [3.8, 4) is 6.07 Å². The third-order valence-corrected chi connectivity index (χ3v) is 4.09. The second-order valence-corrected chi connectivity index (χ2v) is 5.47. The Hall–Kier alpha value is -1.08. The van der Waals surface area contributed by atoms with E-state index in [1.54, 1.807) is 0 Å². The minimum atomic E-state index is -0.765. The SMILES string of the molecule is N#CC1(NC2CCCCCC2)CC(C(=O)O)C1. The fourth-order valence-corrected chi connectivity index (χ4v) is 3.01. The molecule has 4 heteroatoms. The van der Waals surface area contributed by atoms with Gasteiger partial charge in [0.25, 0.3) is 0 Å². The molecule has 2 aliphatic rings. The highest BCUT2D eigenvalue weighted by Crippen LogP contribution is 2.38. The molecule has 0 radical (unpaired) electrons. The zero-order valence-corrected chi connectivity index (χ0v) is 10.1. The minimum Gasteiger partial charge on any atom is -0.481 e. The fraction of sp³-hybridized carbons (Fsp3) is 0.846. The largest absolute Gasteiger partial charge is 0.481 e. The van der Waals surface area contributed by atoms with Crippen molar-refractivity contribution in [1.29, 1.82) is 5.26 Å². The first-order chi connectivity index (χ1) is 8.15. The van der Waals surface area contributed by atoms with E-state index in [0.29, 0.717) is 18.9 Å². The van der Waals surface area contributed by atoms with Gasteiger partial charge in [-0.25, -0.2) is 0 Å². The summed E-state index contributed by atoms with van der Waals surface area (Å²) in [7, 11) is 0. The van der Waals surface area contributed by atoms with Crippen LogP contribution in [0.25, 0.3) is 0 Å². The Balaban J connectivity index is 1.88. The average Bonchev–Trinajstić information content (AvgIpc) is 2.50. The van der Waals surface area contributed by atoms with Gasteiger partial charge in [-0.2, -0.15) is 5.26 Å². The second-order valence-electron chi connectivity index (χ2n) is 5.47. The van der Waals surface area contributed by atoms with Crippen LogP contribution in [0.4, 0.5) is 0 Å². The van der Waals surface area contributed by atoms with Crippen molar-refractivity contribution < 1.29 is 9.90 Å². The third kappa shape index (κ3) is 2.78. The highest BCUT2D eigenvalue weighted by molar-refractivity contribution is 5.72. The van der Waals surface area contributed by atoms with Crippen molar-refractivity contribution in [3.05, 3.63) is 0 Å². The molecule has 0 bridgehead atoms. The number of nitrogens with zero attached hydrogens (tertiary/aromatic N) is 1. The van der Waals surface area contributed by atoms with E-state index in [2.05, 4.69) is 11.4 Å². The molecule has 0 saturated heterocycles. The van der Waals surface area contributed by atoms with Crippen molar-refractivity contribution in [2.24, 2.45) is 5.92 Å². The molecule has 0 amide bonds. The number of carbonyl (C=O) groups is 1. The quantitative estimate of drug-likeness (QED) is 0.736. The van der Waals surface area contributed by atoms with Gasteiger partial charge in [0.2, 0.25) is 0 Å². The lowest BCUT2D eigenvalue weighted by Gasteiger charge is -2.43. The van der Waals surface area contributed by atoms with Crippen LogP contribution in [0.2, 0.25) is 0 Å². The van der Waals surface area contributed by atoms with Crippen molar-refractivity contribution in [2.45, 2.75) is 62.9 Å². The number of hydrogen-bond donors (Lipinski definition) is 2. The van der Waals surface area contributed by atoms with Crippen LogP contribution in [0, 0.1) is 17.2 Å². The summed E-state index contributed by atoms with van der Waals surface area (Å²) in [4.78, 5) is 10.8. The van der Waals surface area contributed by atoms with E-state index in [0.717, 1.165) is 12.8 Å². The standard InChI is InChI=1S/C13H20N2O2/c14-9-13(7-10(8-13)12(16)17)15-11-5-3-1-2-4-6-11/h10-11,15H,1-8H2,(H,16,17). The maximum atomic E-state index is 10.8. The lowest BCUT2D eigenvalue weighted by Crippen LogP contribution is -2.59. The molecule has 2 N–H and O–H groups in total. The van der Waals surface area contributed by atoms with Gasteiger partial charge >= 0.3 is 5.97 Å². The summed E-state index contributed by atoms with van der Waals surface area (Å²) in [5, 5.41) is 21.5. The Morgan fingerprint density at radius 3 is 2.29 bits per heavy atom. The first kappa shape index (κ1) is 12.4. The molecule has 0 aromatic carbocycles. The van der Waals surface area contributed by atoms with Crippen molar-refractivity contribution >= 4 is 5.97 Å². The summed E-state index contributed by atoms with van der Waals surface area (Å²) in [5.41, 5.74) is -0.557. The monoisotopic (exact) mass is 236 g/mol. The van der Waals surface area contributed by atoms with E-state index in [1.807, 2.05) is 0 Å². The number of hydrogen-bond acceptors (Lipinski definition) is 3. The van der Waals surface area contributed by atoms with Crippen LogP contribution in [0.5, 0.6) is 0 Å². The van der Waals surface area contributed by atoms with Crippen LogP contribution in [0.15, 0.2) is 0 Å². The van der Waals surface area contributed by atoms with Crippen LogP contribution in [0.1, 0.15) is 51.4 Å². The topological polar surface area (TPSA) is 73.1 Å². The van der Waals surface area contributed by atoms with Crippen molar-refractivity contribution in [2.75, 3.05) is 0 Å². The van der Waals surface area contributed by atoms with Gasteiger partial charge in [0.1, 0.15) is 5.54 Å². The molecule has 0 spiro atoms. The van der Waals surface area contributed by atoms with Crippen LogP contribution in [-0.2, 0) is 4.79 Å². The van der Waals surface area contributed by atoms with E-state index < -0.39 is 11.5 Å². The number of carboxylic acid groups (broad SMARTS) is 1. The van der Waals surface area contributed by atoms with Gasteiger partial charge < -0.3 is 5.11 Å². The smallest absolute Gasteiger partial charge is 0.306 e. The minimum absolute atomic E-state index is 0.326. The van der Waals surface area contributed by atoms with Gasteiger partial charge in [-0.15, -0.1) is 0 Å². The molecule has 0 heterocycles. The first-order valence-electron chi connectivity index (χ1n) is 6.57. The Morgan fingerprint density at radius 1 is 1.24 bits per heavy atom. The summed E-state index contributed by atoms with van der Waals surface area (Å²) in [6, 6.07) is 2.70. The molecular weight excluding hydrogens is 216 g/mol. The highest BCUT2D eigenvalue weighted by Gasteiger charge is 2.48. The summed E-state index contributed by atoms with van der Waals surface area (Å²) in [6.07, 6.45) is 8.21. The number of aliphatic carboxylic acids is 1. The van der Waals surface area contributed by atoms with E-state index in [1.165, 1.54) is 25.7 Å². The van der Waals surface area contributed by atoms with Gasteiger partial charge in [0.05, 0.1) is 12.0 Å². The maximum Gasteiger partial charge on any atom is 0.306 e. The maximum absolute atomic E-state index is 10.8. The predicted molar refractivity (Wildman–Crippen MR) is 63.3 cm³/mol. The molecule has 2 aliphatic carbocycles. The first-order valence-corrected chi connectivity index (χ1v) is 6.57. The summed E-state index contributed by atoms with van der Waals surface area (Å²) >= 11 is 0. The van der Waals surface area contributed by atoms with Gasteiger partial charge in [-0.3, -0.25) is 10.1 Å². The third-order valence-electron chi connectivity index (χ3n) is 4.09. The number of nitrogens with one attached hydrogen (secondary N) is 1. The van der Waals surface area contributed by atoms with E-state index in [-0.39, 0.29) is 5.92 Å². The highest BCUT2D eigenvalue weighted by atomic mass is 16.4. The summed E-state index contributed by atoms with van der Waals surface area (Å²) in [6.45, 7) is 0. The van der Waals surface area contributed by atoms with Crippen molar-refractivity contribution in [1.82, 2.24) is 5.32 Å². The van der Waals surface area contributed by atoms with E-state index >= 15 is 0 Å². The predicted octanol–water partition coefficient (Wildman–Crippen LogP) is 2.06. The number of nitriles is 1. The molecular formula is C13H20N2O2. The van der Waals surface area contributed by atoms with Gasteiger partial charge in [-0.1, -0.05) is 25.7 Å². The lowest BCUT2D eigenvalue weighted by atomic mass is 9.68. The van der Waals surface area contributed by atoms with Crippen LogP contribution < -0.4 is 5.32 Å². The molecule has 0 unspecified atom stereocenters. The molecule has 0 aromatic heterocycles. The Morgan fingerprint density at radius 2 is 1.82 bits per heavy atom. The van der Waals surface area contributed by atoms with Gasteiger partial charge in [0, 0.05) is 6.04 Å². The number of carboxylic acids is 1. The van der Waals surface area contributed by atoms with E-state index in [4.69, 9.17) is 5.11 Å². The van der Waals surface area contributed by atoms with Crippen molar-refractivity contribution in [3.63, 3.8) is 0 Å². The average molecular weight is 236 g/mol. The molecule has 0 aliphatic heterocycles. The zero-order valence-electron chi connectivity index (χ0n) is 10.1. The van der Waals surface area contributed by atoms with Crippen LogP contribution in [0.3, 0.4) is 0 Å². The molecule has 2 rings (SSSR count). The number of rotatable bonds is 3. The Labute approximate surface area is 102 Å². The molecule has 4 nitrogen and oxygen atoms in total. The Kier molecular flexibility index (Phi) is 3.68. The molecule has 94 valence electrons. The van der Waals surface area contributed by atoms with Crippen LogP contribution >= 0.6 is 0 Å².